The summed E-state index contributed by atoms with van der Waals surface area (Å²) in [6.07, 6.45) is 0.709. The Balaban J connectivity index is 2.17. The van der Waals surface area contributed by atoms with Crippen molar-refractivity contribution < 1.29 is 9.13 Å². The molecule has 1 heterocycles. The fraction of sp³-hybridized carbons (Fsp3) is 0.200. The quantitative estimate of drug-likeness (QED) is 0.834. The van der Waals surface area contributed by atoms with Crippen LogP contribution >= 0.6 is 0 Å². The first-order chi connectivity index (χ1) is 8.79. The Morgan fingerprint density at radius 2 is 1.89 bits per heavy atom. The van der Waals surface area contributed by atoms with Crippen LogP contribution in [0.2, 0.25) is 0 Å². The number of hydrogen-bond acceptors (Lipinski definition) is 2. The third-order valence-corrected chi connectivity index (χ3v) is 3.36. The van der Waals surface area contributed by atoms with Crippen molar-refractivity contribution in [1.29, 1.82) is 0 Å². The Morgan fingerprint density at radius 3 is 2.72 bits per heavy atom. The highest BCUT2D eigenvalue weighted by atomic mass is 19.1. The van der Waals surface area contributed by atoms with Crippen LogP contribution in [0.1, 0.15) is 17.0 Å². The molecule has 0 spiro atoms. The summed E-state index contributed by atoms with van der Waals surface area (Å²) in [7, 11) is 0. The summed E-state index contributed by atoms with van der Waals surface area (Å²) in [4.78, 5) is 0. The molecular weight excluding hydrogens is 229 g/mol. The first-order valence-corrected chi connectivity index (χ1v) is 6.04. The molecule has 0 unspecified atom stereocenters. The van der Waals surface area contributed by atoms with Gasteiger partial charge in [0.05, 0.1) is 0 Å². The standard InChI is InChI=1S/C15H14FNO/c16-12-5-3-7-14-15(12)11(9-17)8-10-4-1-2-6-13(10)18-14/h1-7,11H,8-9,17H2/t11-/m1/s1. The van der Waals surface area contributed by atoms with Crippen LogP contribution in [0.15, 0.2) is 42.5 Å². The predicted octanol–water partition coefficient (Wildman–Crippen LogP) is 3.22. The lowest BCUT2D eigenvalue weighted by Crippen LogP contribution is -2.15. The highest BCUT2D eigenvalue weighted by Gasteiger charge is 2.25. The van der Waals surface area contributed by atoms with Crippen molar-refractivity contribution in [3.05, 3.63) is 59.4 Å². The van der Waals surface area contributed by atoms with Crippen LogP contribution in [0.5, 0.6) is 11.5 Å². The van der Waals surface area contributed by atoms with Gasteiger partial charge in [-0.25, -0.2) is 4.39 Å². The molecule has 2 aromatic carbocycles. The molecule has 0 aliphatic carbocycles. The summed E-state index contributed by atoms with van der Waals surface area (Å²) in [5, 5.41) is 0. The van der Waals surface area contributed by atoms with E-state index in [9.17, 15) is 4.39 Å². The van der Waals surface area contributed by atoms with Crippen LogP contribution in [0.4, 0.5) is 4.39 Å². The minimum Gasteiger partial charge on any atom is -0.457 e. The molecule has 2 nitrogen and oxygen atoms in total. The molecule has 0 radical (unpaired) electrons. The number of hydrogen-bond donors (Lipinski definition) is 1. The van der Waals surface area contributed by atoms with Crippen molar-refractivity contribution in [3.63, 3.8) is 0 Å². The van der Waals surface area contributed by atoms with E-state index in [2.05, 4.69) is 0 Å². The molecule has 0 aromatic heterocycles. The fourth-order valence-electron chi connectivity index (χ4n) is 2.46. The van der Waals surface area contributed by atoms with Crippen LogP contribution in [-0.4, -0.2) is 6.54 Å². The molecule has 2 N–H and O–H groups in total. The predicted molar refractivity (Wildman–Crippen MR) is 68.4 cm³/mol. The molecule has 0 fully saturated rings. The smallest absolute Gasteiger partial charge is 0.133 e. The van der Waals surface area contributed by atoms with Crippen LogP contribution < -0.4 is 10.5 Å². The van der Waals surface area contributed by atoms with E-state index in [0.717, 1.165) is 11.3 Å². The van der Waals surface area contributed by atoms with Gasteiger partial charge in [-0.1, -0.05) is 24.3 Å². The highest BCUT2D eigenvalue weighted by Crippen LogP contribution is 2.39. The van der Waals surface area contributed by atoms with Gasteiger partial charge in [-0.3, -0.25) is 0 Å². The largest absolute Gasteiger partial charge is 0.457 e. The van der Waals surface area contributed by atoms with E-state index in [1.54, 1.807) is 12.1 Å². The number of nitrogens with two attached hydrogens (primary N) is 1. The van der Waals surface area contributed by atoms with Gasteiger partial charge in [-0.15, -0.1) is 0 Å². The molecule has 3 heteroatoms. The zero-order chi connectivity index (χ0) is 12.5. The van der Waals surface area contributed by atoms with Gasteiger partial charge in [0, 0.05) is 11.5 Å². The lowest BCUT2D eigenvalue weighted by atomic mass is 9.92. The molecule has 1 aliphatic heterocycles. The number of para-hydroxylation sites is 1. The van der Waals surface area contributed by atoms with Crippen molar-refractivity contribution in [2.75, 3.05) is 6.54 Å². The van der Waals surface area contributed by atoms with E-state index in [1.807, 2.05) is 24.3 Å². The molecule has 0 saturated carbocycles. The summed E-state index contributed by atoms with van der Waals surface area (Å²) < 4.78 is 19.8. The van der Waals surface area contributed by atoms with Crippen LogP contribution in [-0.2, 0) is 6.42 Å². The lowest BCUT2D eigenvalue weighted by molar-refractivity contribution is 0.469. The first kappa shape index (κ1) is 11.2. The fourth-order valence-corrected chi connectivity index (χ4v) is 2.46. The van der Waals surface area contributed by atoms with Gasteiger partial charge in [0.2, 0.25) is 0 Å². The second-order valence-electron chi connectivity index (χ2n) is 4.50. The molecule has 1 atom stereocenters. The van der Waals surface area contributed by atoms with Crippen LogP contribution in [0.25, 0.3) is 0 Å². The Labute approximate surface area is 105 Å². The summed E-state index contributed by atoms with van der Waals surface area (Å²) >= 11 is 0. The third kappa shape index (κ3) is 1.77. The van der Waals surface area contributed by atoms with Crippen LogP contribution in [0, 0.1) is 5.82 Å². The van der Waals surface area contributed by atoms with Gasteiger partial charge in [-0.2, -0.15) is 0 Å². The van der Waals surface area contributed by atoms with Crippen molar-refractivity contribution in [1.82, 2.24) is 0 Å². The van der Waals surface area contributed by atoms with E-state index in [0.29, 0.717) is 24.3 Å². The summed E-state index contributed by atoms with van der Waals surface area (Å²) in [6, 6.07) is 12.7. The van der Waals surface area contributed by atoms with Crippen molar-refractivity contribution >= 4 is 0 Å². The minimum atomic E-state index is -0.240. The maximum atomic E-state index is 14.0. The maximum absolute atomic E-state index is 14.0. The first-order valence-electron chi connectivity index (χ1n) is 6.04. The number of benzene rings is 2. The van der Waals surface area contributed by atoms with Gasteiger partial charge in [0.25, 0.3) is 0 Å². The molecular formula is C15H14FNO. The molecule has 1 aliphatic rings. The zero-order valence-corrected chi connectivity index (χ0v) is 9.90. The van der Waals surface area contributed by atoms with E-state index in [1.165, 1.54) is 6.07 Å². The highest BCUT2D eigenvalue weighted by molar-refractivity contribution is 5.47. The van der Waals surface area contributed by atoms with Gasteiger partial charge in [0.1, 0.15) is 17.3 Å². The second kappa shape index (κ2) is 4.42. The Hall–Kier alpha value is -1.87. The molecule has 0 saturated heterocycles. The zero-order valence-electron chi connectivity index (χ0n) is 9.90. The normalized spacial score (nSPS) is 17.3. The average molecular weight is 243 g/mol. The number of fused-ring (bicyclic) bond motifs is 2. The van der Waals surface area contributed by atoms with Crippen molar-refractivity contribution in [2.24, 2.45) is 5.73 Å². The van der Waals surface area contributed by atoms with Crippen molar-refractivity contribution in [3.8, 4) is 11.5 Å². The Kier molecular flexibility index (Phi) is 2.76. The maximum Gasteiger partial charge on any atom is 0.133 e. The molecule has 18 heavy (non-hydrogen) atoms. The number of ether oxygens (including phenoxy) is 1. The van der Waals surface area contributed by atoms with Gasteiger partial charge >= 0.3 is 0 Å². The summed E-state index contributed by atoms with van der Waals surface area (Å²) in [5.74, 6) is 1.09. The molecule has 3 rings (SSSR count). The molecule has 2 aromatic rings. The molecule has 92 valence electrons. The summed E-state index contributed by atoms with van der Waals surface area (Å²) in [5.41, 5.74) is 7.46. The number of rotatable bonds is 1. The van der Waals surface area contributed by atoms with E-state index in [-0.39, 0.29) is 11.7 Å². The van der Waals surface area contributed by atoms with Gasteiger partial charge < -0.3 is 10.5 Å². The van der Waals surface area contributed by atoms with Gasteiger partial charge in [-0.05, 0) is 36.7 Å². The van der Waals surface area contributed by atoms with E-state index < -0.39 is 0 Å². The van der Waals surface area contributed by atoms with E-state index >= 15 is 0 Å². The van der Waals surface area contributed by atoms with Crippen LogP contribution in [0.3, 0.4) is 0 Å². The minimum absolute atomic E-state index is 0.0372. The SMILES string of the molecule is NC[C@H]1Cc2ccccc2Oc2cccc(F)c21. The number of halogens is 1. The molecule has 0 amide bonds. The summed E-state index contributed by atoms with van der Waals surface area (Å²) in [6.45, 7) is 0.408. The van der Waals surface area contributed by atoms with E-state index in [4.69, 9.17) is 10.5 Å². The molecule has 0 bridgehead atoms. The second-order valence-corrected chi connectivity index (χ2v) is 4.50. The van der Waals surface area contributed by atoms with Gasteiger partial charge in [0.15, 0.2) is 0 Å². The van der Waals surface area contributed by atoms with Crippen molar-refractivity contribution in [2.45, 2.75) is 12.3 Å². The monoisotopic (exact) mass is 243 g/mol. The topological polar surface area (TPSA) is 35.2 Å². The average Bonchev–Trinajstić information content (AvgIpc) is 2.55. The third-order valence-electron chi connectivity index (χ3n) is 3.36. The Morgan fingerprint density at radius 1 is 1.11 bits per heavy atom. The Bertz CT molecular complexity index is 582. The lowest BCUT2D eigenvalue weighted by Gasteiger charge is -2.14.